The Morgan fingerprint density at radius 2 is 2.12 bits per heavy atom. The van der Waals surface area contributed by atoms with Crippen molar-refractivity contribution in [1.82, 2.24) is 10.2 Å². The van der Waals surface area contributed by atoms with Crippen LogP contribution in [-0.4, -0.2) is 30.6 Å². The minimum absolute atomic E-state index is 0.589. The summed E-state index contributed by atoms with van der Waals surface area (Å²) in [6.45, 7) is 5.82. The van der Waals surface area contributed by atoms with E-state index in [1.807, 2.05) is 0 Å². The number of nitrogens with one attached hydrogen (secondary N) is 1. The van der Waals surface area contributed by atoms with Gasteiger partial charge in [0.1, 0.15) is 0 Å². The minimum atomic E-state index is 0.589. The molecule has 2 fully saturated rings. The van der Waals surface area contributed by atoms with Crippen molar-refractivity contribution in [3.8, 4) is 0 Å². The van der Waals surface area contributed by atoms with Crippen LogP contribution in [0, 0.1) is 6.92 Å². The van der Waals surface area contributed by atoms with E-state index in [1.165, 1.54) is 43.5 Å². The fourth-order valence-corrected chi connectivity index (χ4v) is 3.45. The SMILES string of the molecule is Cc1ccccc1C1CNCCC2CCCN21. The van der Waals surface area contributed by atoms with Gasteiger partial charge >= 0.3 is 0 Å². The molecule has 2 heterocycles. The lowest BCUT2D eigenvalue weighted by atomic mass is 9.99. The minimum Gasteiger partial charge on any atom is -0.315 e. The van der Waals surface area contributed by atoms with E-state index >= 15 is 0 Å². The molecule has 0 saturated carbocycles. The first-order valence-corrected chi connectivity index (χ1v) is 6.88. The van der Waals surface area contributed by atoms with Crippen molar-refractivity contribution in [2.45, 2.75) is 38.3 Å². The standard InChI is InChI=1S/C15H22N2/c1-12-5-2-3-7-14(12)15-11-16-9-8-13-6-4-10-17(13)15/h2-3,5,7,13,15-16H,4,6,8-11H2,1H3. The quantitative estimate of drug-likeness (QED) is 0.797. The van der Waals surface area contributed by atoms with Crippen LogP contribution in [0.3, 0.4) is 0 Å². The summed E-state index contributed by atoms with van der Waals surface area (Å²) in [7, 11) is 0. The second-order valence-corrected chi connectivity index (χ2v) is 5.40. The highest BCUT2D eigenvalue weighted by Crippen LogP contribution is 2.33. The van der Waals surface area contributed by atoms with E-state index in [0.29, 0.717) is 6.04 Å². The van der Waals surface area contributed by atoms with Gasteiger partial charge in [-0.2, -0.15) is 0 Å². The summed E-state index contributed by atoms with van der Waals surface area (Å²) in [5.41, 5.74) is 2.96. The number of benzene rings is 1. The van der Waals surface area contributed by atoms with Crippen molar-refractivity contribution >= 4 is 0 Å². The molecule has 0 radical (unpaired) electrons. The second kappa shape index (κ2) is 4.79. The Morgan fingerprint density at radius 1 is 1.24 bits per heavy atom. The summed E-state index contributed by atoms with van der Waals surface area (Å²) in [6, 6.07) is 10.3. The molecule has 2 unspecified atom stereocenters. The number of aryl methyl sites for hydroxylation is 1. The molecule has 2 aliphatic rings. The van der Waals surface area contributed by atoms with Gasteiger partial charge in [0, 0.05) is 18.6 Å². The third kappa shape index (κ3) is 2.12. The van der Waals surface area contributed by atoms with Crippen molar-refractivity contribution in [3.63, 3.8) is 0 Å². The zero-order valence-electron chi connectivity index (χ0n) is 10.7. The van der Waals surface area contributed by atoms with Gasteiger partial charge in [-0.15, -0.1) is 0 Å². The van der Waals surface area contributed by atoms with Crippen molar-refractivity contribution in [2.24, 2.45) is 0 Å². The lowest BCUT2D eigenvalue weighted by molar-refractivity contribution is 0.191. The normalized spacial score (nSPS) is 29.9. The molecule has 17 heavy (non-hydrogen) atoms. The van der Waals surface area contributed by atoms with Crippen molar-refractivity contribution in [3.05, 3.63) is 35.4 Å². The Kier molecular flexibility index (Phi) is 3.17. The highest BCUT2D eigenvalue weighted by Gasteiger charge is 2.33. The van der Waals surface area contributed by atoms with Gasteiger partial charge < -0.3 is 5.32 Å². The van der Waals surface area contributed by atoms with Crippen LogP contribution in [0.2, 0.25) is 0 Å². The van der Waals surface area contributed by atoms with E-state index < -0.39 is 0 Å². The van der Waals surface area contributed by atoms with Crippen molar-refractivity contribution < 1.29 is 0 Å². The predicted octanol–water partition coefficient (Wildman–Crippen LogP) is 2.49. The molecule has 2 nitrogen and oxygen atoms in total. The van der Waals surface area contributed by atoms with Gasteiger partial charge in [0.05, 0.1) is 0 Å². The lowest BCUT2D eigenvalue weighted by Crippen LogP contribution is -2.35. The summed E-state index contributed by atoms with van der Waals surface area (Å²) in [4.78, 5) is 2.74. The topological polar surface area (TPSA) is 15.3 Å². The van der Waals surface area contributed by atoms with E-state index in [-0.39, 0.29) is 0 Å². The highest BCUT2D eigenvalue weighted by molar-refractivity contribution is 5.29. The molecule has 1 aromatic rings. The molecule has 0 amide bonds. The van der Waals surface area contributed by atoms with Crippen LogP contribution in [-0.2, 0) is 0 Å². The molecule has 0 bridgehead atoms. The number of rotatable bonds is 1. The molecule has 2 atom stereocenters. The number of hydrogen-bond acceptors (Lipinski definition) is 2. The summed E-state index contributed by atoms with van der Waals surface area (Å²) in [5.74, 6) is 0. The first-order valence-electron chi connectivity index (χ1n) is 6.88. The molecule has 0 aromatic heterocycles. The maximum absolute atomic E-state index is 3.61. The molecular formula is C15H22N2. The van der Waals surface area contributed by atoms with Gasteiger partial charge in [0.2, 0.25) is 0 Å². The zero-order valence-corrected chi connectivity index (χ0v) is 10.7. The molecule has 2 aliphatic heterocycles. The van der Waals surface area contributed by atoms with Crippen LogP contribution >= 0.6 is 0 Å². The Hall–Kier alpha value is -0.860. The van der Waals surface area contributed by atoms with E-state index in [9.17, 15) is 0 Å². The summed E-state index contributed by atoms with van der Waals surface area (Å²) >= 11 is 0. The zero-order chi connectivity index (χ0) is 11.7. The smallest absolute Gasteiger partial charge is 0.0478 e. The van der Waals surface area contributed by atoms with Gasteiger partial charge in [0.25, 0.3) is 0 Å². The maximum Gasteiger partial charge on any atom is 0.0478 e. The first-order chi connectivity index (χ1) is 8.36. The van der Waals surface area contributed by atoms with Gasteiger partial charge in [-0.05, 0) is 50.4 Å². The van der Waals surface area contributed by atoms with E-state index in [4.69, 9.17) is 0 Å². The molecule has 92 valence electrons. The molecule has 3 rings (SSSR count). The fraction of sp³-hybridized carbons (Fsp3) is 0.600. The van der Waals surface area contributed by atoms with Crippen LogP contribution in [0.4, 0.5) is 0 Å². The van der Waals surface area contributed by atoms with Gasteiger partial charge in [-0.1, -0.05) is 24.3 Å². The van der Waals surface area contributed by atoms with Crippen LogP contribution in [0.15, 0.2) is 24.3 Å². The van der Waals surface area contributed by atoms with Crippen molar-refractivity contribution in [1.29, 1.82) is 0 Å². The average molecular weight is 230 g/mol. The molecular weight excluding hydrogens is 208 g/mol. The first kappa shape index (κ1) is 11.2. The number of hydrogen-bond donors (Lipinski definition) is 1. The monoisotopic (exact) mass is 230 g/mol. The van der Waals surface area contributed by atoms with Gasteiger partial charge in [-0.25, -0.2) is 0 Å². The van der Waals surface area contributed by atoms with Crippen molar-refractivity contribution in [2.75, 3.05) is 19.6 Å². The molecule has 2 heteroatoms. The molecule has 1 N–H and O–H groups in total. The molecule has 2 saturated heterocycles. The Bertz CT molecular complexity index is 388. The molecule has 0 aliphatic carbocycles. The Balaban J connectivity index is 1.92. The van der Waals surface area contributed by atoms with E-state index in [2.05, 4.69) is 41.4 Å². The summed E-state index contributed by atoms with van der Waals surface area (Å²) in [5, 5.41) is 3.61. The Labute approximate surface area is 104 Å². The van der Waals surface area contributed by atoms with Crippen LogP contribution < -0.4 is 5.32 Å². The van der Waals surface area contributed by atoms with Crippen LogP contribution in [0.1, 0.15) is 36.4 Å². The van der Waals surface area contributed by atoms with E-state index in [1.54, 1.807) is 0 Å². The lowest BCUT2D eigenvalue weighted by Gasteiger charge is -2.31. The van der Waals surface area contributed by atoms with Crippen LogP contribution in [0.5, 0.6) is 0 Å². The Morgan fingerprint density at radius 3 is 3.00 bits per heavy atom. The third-order valence-electron chi connectivity index (χ3n) is 4.36. The number of nitrogens with zero attached hydrogens (tertiary/aromatic N) is 1. The molecule has 0 spiro atoms. The third-order valence-corrected chi connectivity index (χ3v) is 4.36. The molecule has 1 aromatic carbocycles. The van der Waals surface area contributed by atoms with Gasteiger partial charge in [0.15, 0.2) is 0 Å². The highest BCUT2D eigenvalue weighted by atomic mass is 15.2. The van der Waals surface area contributed by atoms with E-state index in [0.717, 1.165) is 12.6 Å². The summed E-state index contributed by atoms with van der Waals surface area (Å²) in [6.07, 6.45) is 4.10. The fourth-order valence-electron chi connectivity index (χ4n) is 3.45. The van der Waals surface area contributed by atoms with Gasteiger partial charge in [-0.3, -0.25) is 4.90 Å². The van der Waals surface area contributed by atoms with Crippen LogP contribution in [0.25, 0.3) is 0 Å². The largest absolute Gasteiger partial charge is 0.315 e. The average Bonchev–Trinajstić information content (AvgIpc) is 2.71. The summed E-state index contributed by atoms with van der Waals surface area (Å²) < 4.78 is 0. The number of fused-ring (bicyclic) bond motifs is 1. The predicted molar refractivity (Wildman–Crippen MR) is 71.1 cm³/mol. The maximum atomic E-state index is 3.61. The second-order valence-electron chi connectivity index (χ2n) is 5.40.